The highest BCUT2D eigenvalue weighted by atomic mass is 16.3. The number of furan rings is 1. The fourth-order valence-corrected chi connectivity index (χ4v) is 0.663. The molecule has 0 fully saturated rings. The Morgan fingerprint density at radius 2 is 2.33 bits per heavy atom. The molecule has 0 aliphatic rings. The van der Waals surface area contributed by atoms with Crippen LogP contribution >= 0.6 is 0 Å². The molecule has 0 radical (unpaired) electrons. The molecule has 0 aromatic carbocycles. The van der Waals surface area contributed by atoms with Crippen molar-refractivity contribution in [3.8, 4) is 0 Å². The van der Waals surface area contributed by atoms with E-state index in [1.165, 1.54) is 18.6 Å². The van der Waals surface area contributed by atoms with Crippen molar-refractivity contribution in [3.63, 3.8) is 0 Å². The van der Waals surface area contributed by atoms with Gasteiger partial charge in [-0.05, 0) is 6.07 Å². The van der Waals surface area contributed by atoms with E-state index in [1.807, 2.05) is 0 Å². The van der Waals surface area contributed by atoms with Gasteiger partial charge in [0.2, 0.25) is 5.91 Å². The van der Waals surface area contributed by atoms with E-state index in [4.69, 9.17) is 5.73 Å². The van der Waals surface area contributed by atoms with Gasteiger partial charge in [0.25, 0.3) is 5.91 Å². The maximum Gasteiger partial charge on any atom is 0.254 e. The number of hydrogen-bond donors (Lipinski definition) is 2. The molecule has 12 heavy (non-hydrogen) atoms. The van der Waals surface area contributed by atoms with E-state index in [1.54, 1.807) is 0 Å². The number of primary amides is 1. The van der Waals surface area contributed by atoms with Crippen LogP contribution in [0.2, 0.25) is 0 Å². The van der Waals surface area contributed by atoms with Gasteiger partial charge in [0.15, 0.2) is 0 Å². The van der Waals surface area contributed by atoms with Crippen molar-refractivity contribution in [3.05, 3.63) is 24.2 Å². The van der Waals surface area contributed by atoms with E-state index < -0.39 is 5.91 Å². The maximum absolute atomic E-state index is 11.0. The van der Waals surface area contributed by atoms with Crippen LogP contribution < -0.4 is 11.1 Å². The summed E-state index contributed by atoms with van der Waals surface area (Å²) in [4.78, 5) is 21.3. The van der Waals surface area contributed by atoms with Crippen molar-refractivity contribution in [2.24, 2.45) is 5.73 Å². The molecule has 0 unspecified atom stereocenters. The van der Waals surface area contributed by atoms with Gasteiger partial charge in [0.05, 0.1) is 18.4 Å². The normalized spacial score (nSPS) is 9.33. The second kappa shape index (κ2) is 3.56. The van der Waals surface area contributed by atoms with Crippen LogP contribution in [0.3, 0.4) is 0 Å². The van der Waals surface area contributed by atoms with E-state index in [0.29, 0.717) is 5.56 Å². The summed E-state index contributed by atoms with van der Waals surface area (Å²) >= 11 is 0. The van der Waals surface area contributed by atoms with Gasteiger partial charge in [-0.2, -0.15) is 0 Å². The second-order valence-corrected chi connectivity index (χ2v) is 2.16. The lowest BCUT2D eigenvalue weighted by atomic mass is 10.3. The minimum atomic E-state index is -0.577. The number of nitrogens with one attached hydrogen (secondary N) is 1. The SMILES string of the molecule is NC(=O)CNC(=O)c1ccoc1. The first-order chi connectivity index (χ1) is 5.70. The lowest BCUT2D eigenvalue weighted by molar-refractivity contribution is -0.117. The first-order valence-corrected chi connectivity index (χ1v) is 3.29. The molecule has 5 nitrogen and oxygen atoms in total. The summed E-state index contributed by atoms with van der Waals surface area (Å²) in [7, 11) is 0. The van der Waals surface area contributed by atoms with Gasteiger partial charge in [0.1, 0.15) is 6.26 Å². The van der Waals surface area contributed by atoms with Gasteiger partial charge in [-0.1, -0.05) is 0 Å². The maximum atomic E-state index is 11.0. The fraction of sp³-hybridized carbons (Fsp3) is 0.143. The molecule has 1 heterocycles. The molecule has 1 aromatic heterocycles. The summed E-state index contributed by atoms with van der Waals surface area (Å²) in [5.74, 6) is -0.950. The minimum Gasteiger partial charge on any atom is -0.472 e. The van der Waals surface area contributed by atoms with Gasteiger partial charge in [-0.3, -0.25) is 9.59 Å². The summed E-state index contributed by atoms with van der Waals surface area (Å²) in [5, 5.41) is 2.31. The van der Waals surface area contributed by atoms with Crippen molar-refractivity contribution in [1.29, 1.82) is 0 Å². The Morgan fingerprint density at radius 1 is 1.58 bits per heavy atom. The first kappa shape index (κ1) is 8.32. The molecule has 0 spiro atoms. The highest BCUT2D eigenvalue weighted by molar-refractivity contribution is 5.95. The average Bonchev–Trinajstić information content (AvgIpc) is 2.51. The third-order valence-corrected chi connectivity index (χ3v) is 1.21. The van der Waals surface area contributed by atoms with Gasteiger partial charge in [-0.15, -0.1) is 0 Å². The summed E-state index contributed by atoms with van der Waals surface area (Å²) in [5.41, 5.74) is 5.19. The summed E-state index contributed by atoms with van der Waals surface area (Å²) in [6.45, 7) is -0.163. The molecule has 0 aliphatic heterocycles. The molecule has 0 bridgehead atoms. The number of amides is 2. The summed E-state index contributed by atoms with van der Waals surface area (Å²) < 4.78 is 4.67. The lowest BCUT2D eigenvalue weighted by Gasteiger charge is -1.97. The van der Waals surface area contributed by atoms with Crippen LogP contribution in [0, 0.1) is 0 Å². The Balaban J connectivity index is 2.45. The highest BCUT2D eigenvalue weighted by Gasteiger charge is 2.06. The second-order valence-electron chi connectivity index (χ2n) is 2.16. The topological polar surface area (TPSA) is 85.3 Å². The summed E-state index contributed by atoms with van der Waals surface area (Å²) in [6, 6.07) is 1.50. The third kappa shape index (κ3) is 2.12. The fourth-order valence-electron chi connectivity index (χ4n) is 0.663. The Morgan fingerprint density at radius 3 is 2.83 bits per heavy atom. The molecule has 0 saturated heterocycles. The highest BCUT2D eigenvalue weighted by Crippen LogP contribution is 1.98. The molecular formula is C7H8N2O3. The minimum absolute atomic E-state index is 0.163. The molecule has 0 saturated carbocycles. The van der Waals surface area contributed by atoms with E-state index >= 15 is 0 Å². The van der Waals surface area contributed by atoms with E-state index in [0.717, 1.165) is 0 Å². The third-order valence-electron chi connectivity index (χ3n) is 1.21. The monoisotopic (exact) mass is 168 g/mol. The molecule has 1 rings (SSSR count). The average molecular weight is 168 g/mol. The standard InChI is InChI=1S/C7H8N2O3/c8-6(10)3-9-7(11)5-1-2-12-4-5/h1-2,4H,3H2,(H2,8,10)(H,9,11). The number of nitrogens with two attached hydrogens (primary N) is 1. The van der Waals surface area contributed by atoms with Gasteiger partial charge in [-0.25, -0.2) is 0 Å². The molecule has 5 heteroatoms. The zero-order chi connectivity index (χ0) is 8.97. The Bertz CT molecular complexity index is 279. The van der Waals surface area contributed by atoms with Crippen molar-refractivity contribution in [2.75, 3.05) is 6.54 Å². The zero-order valence-electron chi connectivity index (χ0n) is 6.24. The van der Waals surface area contributed by atoms with Gasteiger partial charge in [0, 0.05) is 0 Å². The van der Waals surface area contributed by atoms with E-state index in [-0.39, 0.29) is 12.5 Å². The van der Waals surface area contributed by atoms with Crippen LogP contribution in [0.15, 0.2) is 23.0 Å². The lowest BCUT2D eigenvalue weighted by Crippen LogP contribution is -2.32. The van der Waals surface area contributed by atoms with Crippen LogP contribution in [0.25, 0.3) is 0 Å². The van der Waals surface area contributed by atoms with Crippen molar-refractivity contribution >= 4 is 11.8 Å². The first-order valence-electron chi connectivity index (χ1n) is 3.29. The van der Waals surface area contributed by atoms with Crippen molar-refractivity contribution < 1.29 is 14.0 Å². The van der Waals surface area contributed by atoms with Crippen LogP contribution in [0.5, 0.6) is 0 Å². The zero-order valence-corrected chi connectivity index (χ0v) is 6.24. The Labute approximate surface area is 68.5 Å². The van der Waals surface area contributed by atoms with Gasteiger partial charge < -0.3 is 15.5 Å². The van der Waals surface area contributed by atoms with Crippen molar-refractivity contribution in [2.45, 2.75) is 0 Å². The van der Waals surface area contributed by atoms with Crippen LogP contribution in [0.1, 0.15) is 10.4 Å². The molecule has 1 aromatic rings. The number of carbonyl (C=O) groups excluding carboxylic acids is 2. The Kier molecular flexibility index (Phi) is 2.47. The predicted octanol–water partition coefficient (Wildman–Crippen LogP) is -0.505. The number of hydrogen-bond acceptors (Lipinski definition) is 3. The molecule has 2 amide bonds. The van der Waals surface area contributed by atoms with E-state index in [9.17, 15) is 9.59 Å². The predicted molar refractivity (Wildman–Crippen MR) is 40.2 cm³/mol. The molecular weight excluding hydrogens is 160 g/mol. The van der Waals surface area contributed by atoms with Crippen LogP contribution in [-0.2, 0) is 4.79 Å². The number of rotatable bonds is 3. The molecule has 3 N–H and O–H groups in total. The van der Waals surface area contributed by atoms with Gasteiger partial charge >= 0.3 is 0 Å². The van der Waals surface area contributed by atoms with Crippen molar-refractivity contribution in [1.82, 2.24) is 5.32 Å². The smallest absolute Gasteiger partial charge is 0.254 e. The molecule has 64 valence electrons. The summed E-state index contributed by atoms with van der Waals surface area (Å²) in [6.07, 6.45) is 2.66. The van der Waals surface area contributed by atoms with Crippen LogP contribution in [0.4, 0.5) is 0 Å². The van der Waals surface area contributed by atoms with Crippen LogP contribution in [-0.4, -0.2) is 18.4 Å². The van der Waals surface area contributed by atoms with E-state index in [2.05, 4.69) is 9.73 Å². The molecule has 0 aliphatic carbocycles. The quantitative estimate of drug-likeness (QED) is 0.637. The largest absolute Gasteiger partial charge is 0.472 e. The molecule has 0 atom stereocenters. The number of carbonyl (C=O) groups is 2. The Hall–Kier alpha value is -1.78.